The summed E-state index contributed by atoms with van der Waals surface area (Å²) in [5.41, 5.74) is 12.3. The molecule has 1 amide bonds. The molecule has 32 heavy (non-hydrogen) atoms. The Morgan fingerprint density at radius 1 is 1.28 bits per heavy atom. The second-order valence-electron chi connectivity index (χ2n) is 8.14. The minimum atomic E-state index is -0.715. The normalized spacial score (nSPS) is 18.8. The lowest BCUT2D eigenvalue weighted by Crippen LogP contribution is -2.48. The number of hydrogen-bond donors (Lipinski definition) is 4. The largest absolute Gasteiger partial charge is 0.496 e. The molecular weight excluding hydrogens is 406 g/mol. The first-order valence-electron chi connectivity index (χ1n) is 10.8. The fourth-order valence-electron chi connectivity index (χ4n) is 3.99. The van der Waals surface area contributed by atoms with Gasteiger partial charge in [0.05, 0.1) is 37.1 Å². The van der Waals surface area contributed by atoms with Crippen LogP contribution in [0.5, 0.6) is 5.75 Å². The van der Waals surface area contributed by atoms with Gasteiger partial charge in [0.2, 0.25) is 0 Å². The molecule has 0 aliphatic carbocycles. The Morgan fingerprint density at radius 2 is 2.00 bits per heavy atom. The fraction of sp³-hybridized carbons (Fsp3) is 0.400. The van der Waals surface area contributed by atoms with E-state index in [1.807, 2.05) is 51.2 Å². The van der Waals surface area contributed by atoms with Crippen molar-refractivity contribution in [3.63, 3.8) is 0 Å². The van der Waals surface area contributed by atoms with Crippen molar-refractivity contribution in [3.05, 3.63) is 69.9 Å². The first-order chi connectivity index (χ1) is 15.3. The quantitative estimate of drug-likeness (QED) is 0.527. The van der Waals surface area contributed by atoms with Crippen LogP contribution < -0.4 is 21.1 Å². The maximum absolute atomic E-state index is 13.1. The minimum absolute atomic E-state index is 0.226. The number of aliphatic hydroxyl groups excluding tert-OH is 1. The van der Waals surface area contributed by atoms with E-state index in [0.717, 1.165) is 27.8 Å². The van der Waals surface area contributed by atoms with E-state index in [0.29, 0.717) is 36.5 Å². The summed E-state index contributed by atoms with van der Waals surface area (Å²) in [4.78, 5) is 13.1. The SMILES string of the molecule is CN/C=C(\N)c1ccc(Cc2cc(C(=O)NC3CCOC[C@@H]3O)c(OC)c(C)c2C)cc1. The molecule has 1 heterocycles. The molecule has 5 N–H and O–H groups in total. The smallest absolute Gasteiger partial charge is 0.255 e. The lowest BCUT2D eigenvalue weighted by atomic mass is 9.92. The van der Waals surface area contributed by atoms with Gasteiger partial charge in [0.1, 0.15) is 5.75 Å². The first-order valence-corrected chi connectivity index (χ1v) is 10.8. The van der Waals surface area contributed by atoms with Crippen LogP contribution in [0.3, 0.4) is 0 Å². The molecule has 2 atom stereocenters. The van der Waals surface area contributed by atoms with Gasteiger partial charge in [0.15, 0.2) is 0 Å². The van der Waals surface area contributed by atoms with Gasteiger partial charge in [-0.3, -0.25) is 4.79 Å². The average Bonchev–Trinajstić information content (AvgIpc) is 2.79. The van der Waals surface area contributed by atoms with E-state index in [1.54, 1.807) is 13.3 Å². The highest BCUT2D eigenvalue weighted by molar-refractivity contribution is 5.98. The van der Waals surface area contributed by atoms with E-state index in [-0.39, 0.29) is 18.6 Å². The van der Waals surface area contributed by atoms with Gasteiger partial charge in [-0.25, -0.2) is 0 Å². The number of benzene rings is 2. The summed E-state index contributed by atoms with van der Waals surface area (Å²) in [6.45, 7) is 4.74. The molecule has 2 aromatic rings. The standard InChI is InChI=1S/C25H33N3O4/c1-15-16(2)24(31-4)20(25(30)28-22-9-10-32-14-23(22)29)12-19(15)11-17-5-7-18(8-6-17)21(26)13-27-3/h5-8,12-13,22-23,27,29H,9-11,14,26H2,1-4H3,(H,28,30)/b21-13-/t22?,23-/m0/s1. The average molecular weight is 440 g/mol. The highest BCUT2D eigenvalue weighted by Gasteiger charge is 2.27. The zero-order valence-electron chi connectivity index (χ0n) is 19.2. The molecular formula is C25H33N3O4. The molecule has 0 spiro atoms. The molecule has 172 valence electrons. The third kappa shape index (κ3) is 5.23. The number of nitrogens with one attached hydrogen (secondary N) is 2. The van der Waals surface area contributed by atoms with Crippen LogP contribution >= 0.6 is 0 Å². The van der Waals surface area contributed by atoms with Gasteiger partial charge in [0.25, 0.3) is 5.91 Å². The Hall–Kier alpha value is -3.03. The first kappa shape index (κ1) is 23.6. The van der Waals surface area contributed by atoms with Gasteiger partial charge in [0, 0.05) is 19.9 Å². The maximum atomic E-state index is 13.1. The van der Waals surface area contributed by atoms with E-state index in [2.05, 4.69) is 10.6 Å². The number of nitrogens with two attached hydrogens (primary N) is 1. The van der Waals surface area contributed by atoms with Gasteiger partial charge in [-0.1, -0.05) is 24.3 Å². The van der Waals surface area contributed by atoms with Crippen LogP contribution in [0.15, 0.2) is 36.5 Å². The van der Waals surface area contributed by atoms with Crippen molar-refractivity contribution in [3.8, 4) is 5.75 Å². The summed E-state index contributed by atoms with van der Waals surface area (Å²) in [7, 11) is 3.38. The number of hydrogen-bond acceptors (Lipinski definition) is 6. The zero-order chi connectivity index (χ0) is 23.3. The molecule has 0 saturated carbocycles. The summed E-state index contributed by atoms with van der Waals surface area (Å²) in [6, 6.07) is 9.63. The number of amides is 1. The van der Waals surface area contributed by atoms with Crippen LogP contribution in [0.1, 0.15) is 44.6 Å². The Kier molecular flexibility index (Phi) is 7.77. The molecule has 0 bridgehead atoms. The second kappa shape index (κ2) is 10.5. The van der Waals surface area contributed by atoms with E-state index in [4.69, 9.17) is 15.2 Å². The summed E-state index contributed by atoms with van der Waals surface area (Å²) < 4.78 is 10.9. The lowest BCUT2D eigenvalue weighted by molar-refractivity contribution is -0.0261. The summed E-state index contributed by atoms with van der Waals surface area (Å²) in [5.74, 6) is 0.308. The highest BCUT2D eigenvalue weighted by Crippen LogP contribution is 2.31. The second-order valence-corrected chi connectivity index (χ2v) is 8.14. The number of aliphatic hydroxyl groups is 1. The van der Waals surface area contributed by atoms with Gasteiger partial charge in [-0.15, -0.1) is 0 Å². The van der Waals surface area contributed by atoms with Crippen molar-refractivity contribution in [2.24, 2.45) is 5.73 Å². The number of methoxy groups -OCH3 is 1. The number of ether oxygens (including phenoxy) is 2. The molecule has 1 fully saturated rings. The molecule has 1 saturated heterocycles. The summed E-state index contributed by atoms with van der Waals surface area (Å²) >= 11 is 0. The van der Waals surface area contributed by atoms with Gasteiger partial charge in [-0.05, 0) is 60.6 Å². The Morgan fingerprint density at radius 3 is 2.62 bits per heavy atom. The monoisotopic (exact) mass is 439 g/mol. The molecule has 1 aliphatic heterocycles. The third-order valence-electron chi connectivity index (χ3n) is 6.02. The molecule has 2 aromatic carbocycles. The third-order valence-corrected chi connectivity index (χ3v) is 6.02. The number of carbonyl (C=O) groups excluding carboxylic acids is 1. The van der Waals surface area contributed by atoms with Crippen molar-refractivity contribution < 1.29 is 19.4 Å². The predicted molar refractivity (Wildman–Crippen MR) is 126 cm³/mol. The van der Waals surface area contributed by atoms with Crippen molar-refractivity contribution >= 4 is 11.6 Å². The fourth-order valence-corrected chi connectivity index (χ4v) is 3.99. The molecule has 7 heteroatoms. The van der Waals surface area contributed by atoms with Crippen LogP contribution in [0, 0.1) is 13.8 Å². The van der Waals surface area contributed by atoms with Crippen LogP contribution in [0.25, 0.3) is 5.70 Å². The van der Waals surface area contributed by atoms with Crippen molar-refractivity contribution in [1.82, 2.24) is 10.6 Å². The topological polar surface area (TPSA) is 106 Å². The van der Waals surface area contributed by atoms with Crippen LogP contribution in [-0.2, 0) is 11.2 Å². The van der Waals surface area contributed by atoms with Gasteiger partial charge >= 0.3 is 0 Å². The van der Waals surface area contributed by atoms with Crippen molar-refractivity contribution in [1.29, 1.82) is 0 Å². The molecule has 0 radical (unpaired) electrons. The van der Waals surface area contributed by atoms with Crippen LogP contribution in [-0.4, -0.2) is 50.5 Å². The van der Waals surface area contributed by atoms with Gasteiger partial charge in [-0.2, -0.15) is 0 Å². The summed E-state index contributed by atoms with van der Waals surface area (Å²) in [5, 5.41) is 16.0. The maximum Gasteiger partial charge on any atom is 0.255 e. The highest BCUT2D eigenvalue weighted by atomic mass is 16.5. The molecule has 0 aromatic heterocycles. The van der Waals surface area contributed by atoms with Crippen molar-refractivity contribution in [2.75, 3.05) is 27.4 Å². The molecule has 7 nitrogen and oxygen atoms in total. The Balaban J connectivity index is 1.87. The molecule has 1 aliphatic rings. The summed E-state index contributed by atoms with van der Waals surface area (Å²) in [6.07, 6.45) is 2.29. The number of carbonyl (C=O) groups is 1. The Bertz CT molecular complexity index is 986. The van der Waals surface area contributed by atoms with Crippen LogP contribution in [0.2, 0.25) is 0 Å². The van der Waals surface area contributed by atoms with Crippen LogP contribution in [0.4, 0.5) is 0 Å². The minimum Gasteiger partial charge on any atom is -0.496 e. The van der Waals surface area contributed by atoms with Gasteiger partial charge < -0.3 is 30.9 Å². The van der Waals surface area contributed by atoms with Crippen molar-refractivity contribution in [2.45, 2.75) is 38.8 Å². The van der Waals surface area contributed by atoms with E-state index in [1.165, 1.54) is 0 Å². The zero-order valence-corrected chi connectivity index (χ0v) is 19.2. The van der Waals surface area contributed by atoms with E-state index in [9.17, 15) is 9.90 Å². The predicted octanol–water partition coefficient (Wildman–Crippen LogP) is 2.26. The molecule has 3 rings (SSSR count). The Labute approximate surface area is 189 Å². The lowest BCUT2D eigenvalue weighted by Gasteiger charge is -2.29. The number of rotatable bonds is 7. The van der Waals surface area contributed by atoms with E-state index < -0.39 is 6.10 Å². The van der Waals surface area contributed by atoms with E-state index >= 15 is 0 Å². The molecule has 1 unspecified atom stereocenters.